The number of carbonyl (C=O) groups excluding carboxylic acids is 3. The van der Waals surface area contributed by atoms with E-state index in [2.05, 4.69) is 10.6 Å². The number of ether oxygens (including phenoxy) is 2. The fourth-order valence-electron chi connectivity index (χ4n) is 1.64. The monoisotopic (exact) mass is 336 g/mol. The van der Waals surface area contributed by atoms with Gasteiger partial charge in [0.2, 0.25) is 0 Å². The molecule has 3 amide bonds. The average molecular weight is 336 g/mol. The molecule has 0 heterocycles. The highest BCUT2D eigenvalue weighted by atomic mass is 16.5. The Labute approximate surface area is 141 Å². The van der Waals surface area contributed by atoms with Crippen LogP contribution in [0.4, 0.5) is 4.79 Å². The summed E-state index contributed by atoms with van der Waals surface area (Å²) in [6.07, 6.45) is 0.756. The Morgan fingerprint density at radius 3 is 2.62 bits per heavy atom. The molecule has 1 aromatic carbocycles. The fourth-order valence-corrected chi connectivity index (χ4v) is 1.64. The van der Waals surface area contributed by atoms with Crippen LogP contribution >= 0.6 is 0 Å². The number of hydrogen-bond donors (Lipinski definition) is 2. The molecule has 24 heavy (non-hydrogen) atoms. The number of urea groups is 1. The molecule has 0 bridgehead atoms. The van der Waals surface area contributed by atoms with Crippen molar-refractivity contribution in [1.29, 1.82) is 0 Å². The Hall–Kier alpha value is -2.57. The summed E-state index contributed by atoms with van der Waals surface area (Å²) in [7, 11) is 0. The van der Waals surface area contributed by atoms with Crippen LogP contribution in [0.25, 0.3) is 0 Å². The fraction of sp³-hybridized carbons (Fsp3) is 0.471. The maximum Gasteiger partial charge on any atom is 0.338 e. The number of hydrogen-bond acceptors (Lipinski definition) is 5. The summed E-state index contributed by atoms with van der Waals surface area (Å²) < 4.78 is 10.4. The van der Waals surface area contributed by atoms with E-state index in [0.717, 1.165) is 6.42 Å². The van der Waals surface area contributed by atoms with E-state index in [1.807, 2.05) is 20.8 Å². The molecule has 0 atom stereocenters. The Bertz CT molecular complexity index is 572. The highest BCUT2D eigenvalue weighted by molar-refractivity contribution is 5.97. The van der Waals surface area contributed by atoms with Crippen LogP contribution < -0.4 is 15.4 Å². The van der Waals surface area contributed by atoms with Crippen LogP contribution in [0.3, 0.4) is 0 Å². The molecule has 1 rings (SSSR count). The van der Waals surface area contributed by atoms with E-state index in [-0.39, 0.29) is 5.56 Å². The lowest BCUT2D eigenvalue weighted by molar-refractivity contribution is -0.123. The van der Waals surface area contributed by atoms with Gasteiger partial charge in [-0.2, -0.15) is 0 Å². The van der Waals surface area contributed by atoms with Crippen LogP contribution in [0.2, 0.25) is 0 Å². The molecule has 0 aliphatic carbocycles. The molecule has 2 N–H and O–H groups in total. The summed E-state index contributed by atoms with van der Waals surface area (Å²) in [5, 5.41) is 4.56. The molecule has 0 saturated heterocycles. The molecule has 132 valence electrons. The van der Waals surface area contributed by atoms with Gasteiger partial charge in [-0.3, -0.25) is 10.1 Å². The molecule has 1 aromatic rings. The van der Waals surface area contributed by atoms with Crippen molar-refractivity contribution in [2.24, 2.45) is 5.92 Å². The molecule has 0 aliphatic rings. The van der Waals surface area contributed by atoms with E-state index in [9.17, 15) is 14.4 Å². The first-order chi connectivity index (χ1) is 11.4. The predicted octanol–water partition coefficient (Wildman–Crippen LogP) is 2.11. The second-order valence-corrected chi connectivity index (χ2v) is 5.61. The van der Waals surface area contributed by atoms with Gasteiger partial charge in [0.1, 0.15) is 5.75 Å². The number of amides is 3. The van der Waals surface area contributed by atoms with Crippen LogP contribution in [-0.2, 0) is 9.53 Å². The molecule has 0 saturated carbocycles. The van der Waals surface area contributed by atoms with Gasteiger partial charge < -0.3 is 14.8 Å². The number of rotatable bonds is 8. The molecule has 7 nitrogen and oxygen atoms in total. The van der Waals surface area contributed by atoms with E-state index >= 15 is 0 Å². The first-order valence-corrected chi connectivity index (χ1v) is 7.90. The second-order valence-electron chi connectivity index (χ2n) is 5.61. The second kappa shape index (κ2) is 10.3. The molecule has 0 radical (unpaired) electrons. The summed E-state index contributed by atoms with van der Waals surface area (Å²) in [4.78, 5) is 34.8. The minimum absolute atomic E-state index is 0.277. The first kappa shape index (κ1) is 19.5. The van der Waals surface area contributed by atoms with Gasteiger partial charge in [0.05, 0.1) is 12.2 Å². The number of esters is 1. The molecule has 0 aliphatic heterocycles. The topological polar surface area (TPSA) is 93.7 Å². The van der Waals surface area contributed by atoms with Crippen LogP contribution in [-0.4, -0.2) is 37.7 Å². The van der Waals surface area contributed by atoms with Crippen molar-refractivity contribution >= 4 is 17.9 Å². The summed E-state index contributed by atoms with van der Waals surface area (Å²) in [5.74, 6) is -0.428. The van der Waals surface area contributed by atoms with E-state index in [0.29, 0.717) is 24.8 Å². The van der Waals surface area contributed by atoms with Gasteiger partial charge in [-0.15, -0.1) is 0 Å². The zero-order chi connectivity index (χ0) is 17.9. The van der Waals surface area contributed by atoms with Gasteiger partial charge in [-0.1, -0.05) is 26.8 Å². The largest absolute Gasteiger partial charge is 0.493 e. The summed E-state index contributed by atoms with van der Waals surface area (Å²) >= 11 is 0. The highest BCUT2D eigenvalue weighted by Crippen LogP contribution is 2.15. The van der Waals surface area contributed by atoms with Gasteiger partial charge in [0, 0.05) is 6.54 Å². The zero-order valence-corrected chi connectivity index (χ0v) is 14.3. The molecule has 0 aromatic heterocycles. The summed E-state index contributed by atoms with van der Waals surface area (Å²) in [6, 6.07) is 5.92. The van der Waals surface area contributed by atoms with Crippen molar-refractivity contribution in [2.45, 2.75) is 27.2 Å². The lowest BCUT2D eigenvalue weighted by Crippen LogP contribution is -2.41. The minimum Gasteiger partial charge on any atom is -0.493 e. The van der Waals surface area contributed by atoms with Gasteiger partial charge in [0.25, 0.3) is 5.91 Å². The van der Waals surface area contributed by atoms with Gasteiger partial charge in [0.15, 0.2) is 6.61 Å². The Morgan fingerprint density at radius 2 is 1.96 bits per heavy atom. The van der Waals surface area contributed by atoms with Crippen molar-refractivity contribution in [3.8, 4) is 5.75 Å². The normalized spacial score (nSPS) is 10.2. The lowest BCUT2D eigenvalue weighted by Gasteiger charge is -2.10. The number of nitrogens with one attached hydrogen (secondary N) is 2. The van der Waals surface area contributed by atoms with E-state index < -0.39 is 24.5 Å². The molecular weight excluding hydrogens is 312 g/mol. The quantitative estimate of drug-likeness (QED) is 0.709. The molecular formula is C17H24N2O5. The Morgan fingerprint density at radius 1 is 1.21 bits per heavy atom. The Balaban J connectivity index is 2.46. The third-order valence-electron chi connectivity index (χ3n) is 2.78. The van der Waals surface area contributed by atoms with Gasteiger partial charge in [-0.05, 0) is 30.5 Å². The maximum atomic E-state index is 11.9. The lowest BCUT2D eigenvalue weighted by atomic mass is 10.2. The zero-order valence-electron chi connectivity index (χ0n) is 14.3. The molecule has 0 fully saturated rings. The maximum absolute atomic E-state index is 11.9. The van der Waals surface area contributed by atoms with Crippen molar-refractivity contribution in [1.82, 2.24) is 10.6 Å². The van der Waals surface area contributed by atoms with Crippen LogP contribution in [0.15, 0.2) is 24.3 Å². The number of imide groups is 1. The smallest absolute Gasteiger partial charge is 0.338 e. The summed E-state index contributed by atoms with van der Waals surface area (Å²) in [5.41, 5.74) is 0.277. The van der Waals surface area contributed by atoms with Crippen molar-refractivity contribution < 1.29 is 23.9 Å². The third-order valence-corrected chi connectivity index (χ3v) is 2.78. The van der Waals surface area contributed by atoms with Crippen LogP contribution in [0.1, 0.15) is 37.6 Å². The van der Waals surface area contributed by atoms with Crippen molar-refractivity contribution in [2.75, 3.05) is 19.8 Å². The number of carbonyl (C=O) groups is 3. The van der Waals surface area contributed by atoms with Crippen molar-refractivity contribution in [3.05, 3.63) is 29.8 Å². The highest BCUT2D eigenvalue weighted by Gasteiger charge is 2.13. The molecule has 0 unspecified atom stereocenters. The van der Waals surface area contributed by atoms with Gasteiger partial charge in [-0.25, -0.2) is 9.59 Å². The van der Waals surface area contributed by atoms with Gasteiger partial charge >= 0.3 is 12.0 Å². The standard InChI is InChI=1S/C17H24N2O5/c1-4-8-18-17(22)19-15(20)11-24-16(21)13-6-5-7-14(9-13)23-10-12(2)3/h5-7,9,12H,4,8,10-11H2,1-3H3,(H2,18,19,20,22). The molecule has 0 spiro atoms. The molecule has 7 heteroatoms. The number of benzene rings is 1. The van der Waals surface area contributed by atoms with E-state index in [1.165, 1.54) is 0 Å². The predicted molar refractivity (Wildman–Crippen MR) is 88.9 cm³/mol. The SMILES string of the molecule is CCCNC(=O)NC(=O)COC(=O)c1cccc(OCC(C)C)c1. The van der Waals surface area contributed by atoms with E-state index in [1.54, 1.807) is 24.3 Å². The Kier molecular flexibility index (Phi) is 8.32. The van der Waals surface area contributed by atoms with E-state index in [4.69, 9.17) is 9.47 Å². The van der Waals surface area contributed by atoms with Crippen LogP contribution in [0, 0.1) is 5.92 Å². The van der Waals surface area contributed by atoms with Crippen LogP contribution in [0.5, 0.6) is 5.75 Å². The average Bonchev–Trinajstić information content (AvgIpc) is 2.56. The minimum atomic E-state index is -0.691. The first-order valence-electron chi connectivity index (χ1n) is 7.90. The third kappa shape index (κ3) is 7.62. The summed E-state index contributed by atoms with van der Waals surface area (Å²) in [6.45, 7) is 6.40. The van der Waals surface area contributed by atoms with Crippen molar-refractivity contribution in [3.63, 3.8) is 0 Å².